The molecule has 2 N–H and O–H groups in total. The predicted octanol–water partition coefficient (Wildman–Crippen LogP) is 2.77. The van der Waals surface area contributed by atoms with Gasteiger partial charge >= 0.3 is 0 Å². The molecule has 120 valence electrons. The van der Waals surface area contributed by atoms with Gasteiger partial charge in [0.05, 0.1) is 11.6 Å². The Labute approximate surface area is 136 Å². The average molecular weight is 309 g/mol. The molecule has 1 amide bonds. The van der Waals surface area contributed by atoms with Gasteiger partial charge in [0.15, 0.2) is 0 Å². The number of carbonyl (C=O) groups excluding carboxylic acids is 1. The molecule has 1 aromatic heterocycles. The summed E-state index contributed by atoms with van der Waals surface area (Å²) in [4.78, 5) is 17.0. The smallest absolute Gasteiger partial charge is 0.237 e. The Balaban J connectivity index is 1.41. The third-order valence-corrected chi connectivity index (χ3v) is 5.35. The number of hydrogen-bond donors (Lipinski definition) is 2. The molecule has 2 aromatic rings. The predicted molar refractivity (Wildman–Crippen MR) is 90.9 cm³/mol. The molecule has 0 spiro atoms. The van der Waals surface area contributed by atoms with E-state index in [0.717, 1.165) is 22.9 Å². The lowest BCUT2D eigenvalue weighted by Crippen LogP contribution is -2.42. The monoisotopic (exact) mass is 309 g/mol. The Bertz CT molecular complexity index is 695. The van der Waals surface area contributed by atoms with Gasteiger partial charge in [-0.15, -0.1) is 0 Å². The van der Waals surface area contributed by atoms with Crippen molar-refractivity contribution in [2.45, 2.75) is 50.7 Å². The molecule has 1 aromatic carbocycles. The first-order valence-electron chi connectivity index (χ1n) is 8.67. The summed E-state index contributed by atoms with van der Waals surface area (Å²) in [6.45, 7) is 0.542. The molecule has 1 aliphatic carbocycles. The van der Waals surface area contributed by atoms with Gasteiger partial charge in [0.25, 0.3) is 0 Å². The minimum absolute atomic E-state index is 0.0222. The van der Waals surface area contributed by atoms with Crippen LogP contribution in [0.25, 0.3) is 10.9 Å². The summed E-state index contributed by atoms with van der Waals surface area (Å²) in [5, 5.41) is 7.75. The highest BCUT2D eigenvalue weighted by Crippen LogP contribution is 2.33. The third-order valence-electron chi connectivity index (χ3n) is 5.35. The number of benzene rings is 1. The molecule has 4 nitrogen and oxygen atoms in total. The van der Waals surface area contributed by atoms with E-state index in [-0.39, 0.29) is 11.9 Å². The number of pyridine rings is 1. The van der Waals surface area contributed by atoms with Crippen molar-refractivity contribution in [3.63, 3.8) is 0 Å². The first-order chi connectivity index (χ1) is 11.3. The van der Waals surface area contributed by atoms with Crippen molar-refractivity contribution in [2.24, 2.45) is 5.92 Å². The molecule has 2 fully saturated rings. The standard InChI is InChI=1S/C19H23N3O/c23-19(17-11-14-5-1-2-9-16(14)22-17)21-12-15-7-3-6-13-8-4-10-20-18(13)15/h3-4,6-8,10,14,16-17,22H,1-2,5,9,11-12H2,(H,21,23). The van der Waals surface area contributed by atoms with Crippen LogP contribution >= 0.6 is 0 Å². The Kier molecular flexibility index (Phi) is 4.00. The lowest BCUT2D eigenvalue weighted by molar-refractivity contribution is -0.123. The molecule has 0 bridgehead atoms. The van der Waals surface area contributed by atoms with Crippen LogP contribution in [0.15, 0.2) is 36.5 Å². The number of hydrogen-bond acceptors (Lipinski definition) is 3. The van der Waals surface area contributed by atoms with Crippen molar-refractivity contribution >= 4 is 16.8 Å². The van der Waals surface area contributed by atoms with Gasteiger partial charge in [-0.05, 0) is 36.8 Å². The van der Waals surface area contributed by atoms with Gasteiger partial charge in [-0.2, -0.15) is 0 Å². The Hall–Kier alpha value is -1.94. The summed E-state index contributed by atoms with van der Waals surface area (Å²) in [6.07, 6.45) is 7.90. The highest BCUT2D eigenvalue weighted by molar-refractivity contribution is 5.84. The van der Waals surface area contributed by atoms with Crippen LogP contribution in [0.2, 0.25) is 0 Å². The normalized spacial score (nSPS) is 26.9. The Morgan fingerprint density at radius 3 is 3.00 bits per heavy atom. The van der Waals surface area contributed by atoms with Crippen molar-refractivity contribution in [1.29, 1.82) is 0 Å². The second-order valence-corrected chi connectivity index (χ2v) is 6.82. The number of aromatic nitrogens is 1. The topological polar surface area (TPSA) is 54.0 Å². The number of rotatable bonds is 3. The molecule has 2 heterocycles. The van der Waals surface area contributed by atoms with E-state index in [9.17, 15) is 4.79 Å². The first-order valence-corrected chi connectivity index (χ1v) is 8.67. The van der Waals surface area contributed by atoms with E-state index in [1.807, 2.05) is 18.2 Å². The van der Waals surface area contributed by atoms with Crippen LogP contribution in [0.4, 0.5) is 0 Å². The molecule has 4 rings (SSSR count). The van der Waals surface area contributed by atoms with Crippen LogP contribution < -0.4 is 10.6 Å². The molecule has 23 heavy (non-hydrogen) atoms. The number of amides is 1. The number of nitrogens with one attached hydrogen (secondary N) is 2. The molecule has 1 aliphatic heterocycles. The molecular weight excluding hydrogens is 286 g/mol. The van der Waals surface area contributed by atoms with Crippen molar-refractivity contribution in [3.05, 3.63) is 42.1 Å². The van der Waals surface area contributed by atoms with Crippen molar-refractivity contribution < 1.29 is 4.79 Å². The average Bonchev–Trinajstić information content (AvgIpc) is 3.04. The zero-order valence-corrected chi connectivity index (χ0v) is 13.3. The minimum atomic E-state index is -0.0222. The van der Waals surface area contributed by atoms with Crippen LogP contribution in [0, 0.1) is 5.92 Å². The number of fused-ring (bicyclic) bond motifs is 2. The van der Waals surface area contributed by atoms with Crippen LogP contribution in [0.5, 0.6) is 0 Å². The molecule has 1 saturated heterocycles. The largest absolute Gasteiger partial charge is 0.351 e. The molecule has 1 saturated carbocycles. The maximum atomic E-state index is 12.5. The summed E-state index contributed by atoms with van der Waals surface area (Å²) in [6, 6.07) is 10.6. The van der Waals surface area contributed by atoms with Crippen molar-refractivity contribution in [2.75, 3.05) is 0 Å². The lowest BCUT2D eigenvalue weighted by Gasteiger charge is -2.24. The van der Waals surface area contributed by atoms with E-state index in [1.54, 1.807) is 6.20 Å². The van der Waals surface area contributed by atoms with E-state index >= 15 is 0 Å². The van der Waals surface area contributed by atoms with E-state index in [4.69, 9.17) is 0 Å². The number of para-hydroxylation sites is 1. The number of carbonyl (C=O) groups is 1. The fraction of sp³-hybridized carbons (Fsp3) is 0.474. The lowest BCUT2D eigenvalue weighted by atomic mass is 9.85. The molecule has 0 radical (unpaired) electrons. The van der Waals surface area contributed by atoms with Gasteiger partial charge in [0.2, 0.25) is 5.91 Å². The fourth-order valence-electron chi connectivity index (χ4n) is 4.14. The first kappa shape index (κ1) is 14.6. The van der Waals surface area contributed by atoms with Crippen molar-refractivity contribution in [1.82, 2.24) is 15.6 Å². The third kappa shape index (κ3) is 2.95. The molecule has 4 heteroatoms. The summed E-state index contributed by atoms with van der Waals surface area (Å²) >= 11 is 0. The Morgan fingerprint density at radius 1 is 1.22 bits per heavy atom. The van der Waals surface area contributed by atoms with Gasteiger partial charge in [-0.1, -0.05) is 37.1 Å². The maximum Gasteiger partial charge on any atom is 0.237 e. The maximum absolute atomic E-state index is 12.5. The second kappa shape index (κ2) is 6.28. The SMILES string of the molecule is O=C(NCc1cccc2cccnc12)C1CC2CCCCC2N1. The summed E-state index contributed by atoms with van der Waals surface area (Å²) in [5.74, 6) is 0.825. The Morgan fingerprint density at radius 2 is 2.09 bits per heavy atom. The van der Waals surface area contributed by atoms with Crippen LogP contribution in [0.3, 0.4) is 0 Å². The molecular formula is C19H23N3O. The summed E-state index contributed by atoms with van der Waals surface area (Å²) in [7, 11) is 0. The van der Waals surface area contributed by atoms with Crippen LogP contribution in [0.1, 0.15) is 37.7 Å². The van der Waals surface area contributed by atoms with E-state index in [0.29, 0.717) is 18.5 Å². The van der Waals surface area contributed by atoms with Gasteiger partial charge in [0.1, 0.15) is 0 Å². The zero-order valence-electron chi connectivity index (χ0n) is 13.3. The second-order valence-electron chi connectivity index (χ2n) is 6.82. The zero-order chi connectivity index (χ0) is 15.6. The van der Waals surface area contributed by atoms with Gasteiger partial charge in [-0.3, -0.25) is 9.78 Å². The fourth-order valence-corrected chi connectivity index (χ4v) is 4.14. The summed E-state index contributed by atoms with van der Waals surface area (Å²) in [5.41, 5.74) is 2.05. The van der Waals surface area contributed by atoms with E-state index < -0.39 is 0 Å². The molecule has 3 unspecified atom stereocenters. The van der Waals surface area contributed by atoms with Crippen LogP contribution in [-0.2, 0) is 11.3 Å². The van der Waals surface area contributed by atoms with Gasteiger partial charge < -0.3 is 10.6 Å². The summed E-state index contributed by atoms with van der Waals surface area (Å²) < 4.78 is 0. The van der Waals surface area contributed by atoms with Crippen LogP contribution in [-0.4, -0.2) is 23.0 Å². The van der Waals surface area contributed by atoms with Gasteiger partial charge in [-0.25, -0.2) is 0 Å². The quantitative estimate of drug-likeness (QED) is 0.916. The van der Waals surface area contributed by atoms with E-state index in [2.05, 4.69) is 27.8 Å². The minimum Gasteiger partial charge on any atom is -0.351 e. The number of nitrogens with zero attached hydrogens (tertiary/aromatic N) is 1. The highest BCUT2D eigenvalue weighted by atomic mass is 16.2. The van der Waals surface area contributed by atoms with E-state index in [1.165, 1.54) is 25.7 Å². The molecule has 2 aliphatic rings. The van der Waals surface area contributed by atoms with Gasteiger partial charge in [0, 0.05) is 24.2 Å². The highest BCUT2D eigenvalue weighted by Gasteiger charge is 2.37. The van der Waals surface area contributed by atoms with Crippen molar-refractivity contribution in [3.8, 4) is 0 Å². The molecule has 3 atom stereocenters.